The molecule has 3 aromatic carbocycles. The molecule has 0 atom stereocenters. The minimum atomic E-state index is -0.847. The van der Waals surface area contributed by atoms with Crippen LogP contribution in [0, 0.1) is 13.8 Å². The second-order valence-corrected chi connectivity index (χ2v) is 7.29. The van der Waals surface area contributed by atoms with E-state index in [0.29, 0.717) is 11.4 Å². The summed E-state index contributed by atoms with van der Waals surface area (Å²) in [5.74, 6) is -0.969. The zero-order valence-electron chi connectivity index (χ0n) is 17.5. The SMILES string of the molecule is Cc1cccc(C)c1NC(=O)C(=O)N/N=C\c1c(OC(C)C)ccc2ccccc12. The third kappa shape index (κ3) is 4.84. The number of anilines is 1. The van der Waals surface area contributed by atoms with E-state index in [1.807, 2.05) is 82.3 Å². The Morgan fingerprint density at radius 3 is 2.33 bits per heavy atom. The molecule has 154 valence electrons. The number of aryl methyl sites for hydroxylation is 2. The smallest absolute Gasteiger partial charge is 0.329 e. The average Bonchev–Trinajstić information content (AvgIpc) is 2.71. The normalized spacial score (nSPS) is 11.1. The highest BCUT2D eigenvalue weighted by Gasteiger charge is 2.15. The van der Waals surface area contributed by atoms with Gasteiger partial charge in [-0.3, -0.25) is 9.59 Å². The molecular formula is C24H25N3O3. The topological polar surface area (TPSA) is 79.8 Å². The molecule has 3 rings (SSSR count). The van der Waals surface area contributed by atoms with Crippen molar-refractivity contribution in [3.05, 3.63) is 71.3 Å². The van der Waals surface area contributed by atoms with Crippen molar-refractivity contribution >= 4 is 34.5 Å². The van der Waals surface area contributed by atoms with Gasteiger partial charge in [-0.05, 0) is 55.7 Å². The fourth-order valence-electron chi connectivity index (χ4n) is 3.15. The number of nitrogens with zero attached hydrogens (tertiary/aromatic N) is 1. The van der Waals surface area contributed by atoms with Crippen molar-refractivity contribution < 1.29 is 14.3 Å². The van der Waals surface area contributed by atoms with Crippen molar-refractivity contribution in [2.75, 3.05) is 5.32 Å². The van der Waals surface area contributed by atoms with Crippen molar-refractivity contribution in [1.29, 1.82) is 0 Å². The molecule has 0 aliphatic heterocycles. The second-order valence-electron chi connectivity index (χ2n) is 7.29. The van der Waals surface area contributed by atoms with Gasteiger partial charge in [0.25, 0.3) is 0 Å². The number of fused-ring (bicyclic) bond motifs is 1. The lowest BCUT2D eigenvalue weighted by Crippen LogP contribution is -2.32. The Labute approximate surface area is 175 Å². The average molecular weight is 403 g/mol. The van der Waals surface area contributed by atoms with Gasteiger partial charge in [0.2, 0.25) is 0 Å². The number of para-hydroxylation sites is 1. The number of rotatable bonds is 5. The maximum Gasteiger partial charge on any atom is 0.329 e. The molecular weight excluding hydrogens is 378 g/mol. The van der Waals surface area contributed by atoms with Crippen LogP contribution in [0.1, 0.15) is 30.5 Å². The number of hydrogen-bond acceptors (Lipinski definition) is 4. The number of hydrogen-bond donors (Lipinski definition) is 2. The van der Waals surface area contributed by atoms with E-state index in [4.69, 9.17) is 4.74 Å². The minimum absolute atomic E-state index is 0.0176. The summed E-state index contributed by atoms with van der Waals surface area (Å²) in [6, 6.07) is 17.3. The van der Waals surface area contributed by atoms with Gasteiger partial charge in [0.1, 0.15) is 5.75 Å². The number of benzene rings is 3. The molecule has 6 heteroatoms. The number of carbonyl (C=O) groups is 2. The number of ether oxygens (including phenoxy) is 1. The van der Waals surface area contributed by atoms with E-state index in [2.05, 4.69) is 15.8 Å². The van der Waals surface area contributed by atoms with Crippen molar-refractivity contribution in [2.45, 2.75) is 33.8 Å². The van der Waals surface area contributed by atoms with Crippen LogP contribution in [0.25, 0.3) is 10.8 Å². The standard InChI is InChI=1S/C24H25N3O3/c1-15(2)30-21-13-12-18-10-5-6-11-19(18)20(21)14-25-27-24(29)23(28)26-22-16(3)8-7-9-17(22)4/h5-15H,1-4H3,(H,26,28)(H,27,29)/b25-14-. The second kappa shape index (κ2) is 9.22. The summed E-state index contributed by atoms with van der Waals surface area (Å²) in [5, 5.41) is 8.61. The first-order valence-electron chi connectivity index (χ1n) is 9.76. The van der Waals surface area contributed by atoms with E-state index >= 15 is 0 Å². The molecule has 0 saturated carbocycles. The summed E-state index contributed by atoms with van der Waals surface area (Å²) in [7, 11) is 0. The predicted octanol–water partition coefficient (Wildman–Crippen LogP) is 4.33. The largest absolute Gasteiger partial charge is 0.490 e. The summed E-state index contributed by atoms with van der Waals surface area (Å²) >= 11 is 0. The lowest BCUT2D eigenvalue weighted by atomic mass is 10.0. The molecule has 0 saturated heterocycles. The monoisotopic (exact) mass is 403 g/mol. The zero-order valence-corrected chi connectivity index (χ0v) is 17.5. The van der Waals surface area contributed by atoms with E-state index in [1.165, 1.54) is 6.21 Å². The quantitative estimate of drug-likeness (QED) is 0.378. The molecule has 2 amide bonds. The Hall–Kier alpha value is -3.67. The van der Waals surface area contributed by atoms with Gasteiger partial charge in [0, 0.05) is 11.3 Å². The van der Waals surface area contributed by atoms with Crippen LogP contribution in [0.15, 0.2) is 59.7 Å². The first kappa shape index (κ1) is 21.0. The predicted molar refractivity (Wildman–Crippen MR) is 120 cm³/mol. The van der Waals surface area contributed by atoms with Gasteiger partial charge in [-0.25, -0.2) is 5.43 Å². The molecule has 0 spiro atoms. The highest BCUT2D eigenvalue weighted by Crippen LogP contribution is 2.27. The molecule has 6 nitrogen and oxygen atoms in total. The highest BCUT2D eigenvalue weighted by molar-refractivity contribution is 6.39. The Morgan fingerprint density at radius 1 is 0.933 bits per heavy atom. The van der Waals surface area contributed by atoms with E-state index in [0.717, 1.165) is 27.5 Å². The van der Waals surface area contributed by atoms with E-state index in [9.17, 15) is 9.59 Å². The van der Waals surface area contributed by atoms with Crippen LogP contribution in [-0.2, 0) is 9.59 Å². The van der Waals surface area contributed by atoms with Crippen LogP contribution in [0.3, 0.4) is 0 Å². The van der Waals surface area contributed by atoms with Crippen LogP contribution in [-0.4, -0.2) is 24.1 Å². The number of carbonyl (C=O) groups excluding carboxylic acids is 2. The maximum atomic E-state index is 12.3. The Morgan fingerprint density at radius 2 is 1.63 bits per heavy atom. The van der Waals surface area contributed by atoms with Crippen molar-refractivity contribution in [3.8, 4) is 5.75 Å². The maximum absolute atomic E-state index is 12.3. The van der Waals surface area contributed by atoms with E-state index in [-0.39, 0.29) is 6.10 Å². The molecule has 2 N–H and O–H groups in total. The van der Waals surface area contributed by atoms with Crippen LogP contribution >= 0.6 is 0 Å². The van der Waals surface area contributed by atoms with Crippen molar-refractivity contribution in [3.63, 3.8) is 0 Å². The van der Waals surface area contributed by atoms with E-state index < -0.39 is 11.8 Å². The summed E-state index contributed by atoms with van der Waals surface area (Å²) in [6.07, 6.45) is 1.49. The summed E-state index contributed by atoms with van der Waals surface area (Å²) < 4.78 is 5.88. The van der Waals surface area contributed by atoms with Gasteiger partial charge in [0.15, 0.2) is 0 Å². The van der Waals surface area contributed by atoms with Gasteiger partial charge in [-0.15, -0.1) is 0 Å². The molecule has 0 aliphatic carbocycles. The number of amides is 2. The fraction of sp³-hybridized carbons (Fsp3) is 0.208. The zero-order chi connectivity index (χ0) is 21.7. The van der Waals surface area contributed by atoms with Crippen LogP contribution < -0.4 is 15.5 Å². The van der Waals surface area contributed by atoms with Crippen molar-refractivity contribution in [2.24, 2.45) is 5.10 Å². The van der Waals surface area contributed by atoms with Gasteiger partial charge >= 0.3 is 11.8 Å². The van der Waals surface area contributed by atoms with Gasteiger partial charge in [-0.2, -0.15) is 5.10 Å². The molecule has 0 unspecified atom stereocenters. The third-order valence-corrected chi connectivity index (χ3v) is 4.58. The Bertz CT molecular complexity index is 1100. The summed E-state index contributed by atoms with van der Waals surface area (Å²) in [5.41, 5.74) is 5.42. The molecule has 0 fully saturated rings. The molecule has 0 aliphatic rings. The van der Waals surface area contributed by atoms with Crippen molar-refractivity contribution in [1.82, 2.24) is 5.43 Å². The summed E-state index contributed by atoms with van der Waals surface area (Å²) in [6.45, 7) is 7.62. The van der Waals surface area contributed by atoms with Gasteiger partial charge in [-0.1, -0.05) is 48.5 Å². The molecule has 0 heterocycles. The summed E-state index contributed by atoms with van der Waals surface area (Å²) in [4.78, 5) is 24.5. The first-order chi connectivity index (χ1) is 14.4. The molecule has 0 radical (unpaired) electrons. The van der Waals surface area contributed by atoms with Crippen LogP contribution in [0.5, 0.6) is 5.75 Å². The first-order valence-corrected chi connectivity index (χ1v) is 9.76. The minimum Gasteiger partial charge on any atom is -0.490 e. The number of nitrogens with one attached hydrogen (secondary N) is 2. The molecule has 3 aromatic rings. The van der Waals surface area contributed by atoms with E-state index in [1.54, 1.807) is 0 Å². The third-order valence-electron chi connectivity index (χ3n) is 4.58. The lowest BCUT2D eigenvalue weighted by Gasteiger charge is -2.14. The molecule has 0 aromatic heterocycles. The lowest BCUT2D eigenvalue weighted by molar-refractivity contribution is -0.136. The Kier molecular flexibility index (Phi) is 6.47. The van der Waals surface area contributed by atoms with Gasteiger partial charge in [0.05, 0.1) is 12.3 Å². The van der Waals surface area contributed by atoms with Crippen LogP contribution in [0.2, 0.25) is 0 Å². The molecule has 30 heavy (non-hydrogen) atoms. The Balaban J connectivity index is 1.78. The molecule has 0 bridgehead atoms. The number of hydrazone groups is 1. The van der Waals surface area contributed by atoms with Gasteiger partial charge < -0.3 is 10.1 Å². The van der Waals surface area contributed by atoms with Crippen LogP contribution in [0.4, 0.5) is 5.69 Å². The highest BCUT2D eigenvalue weighted by atomic mass is 16.5. The fourth-order valence-corrected chi connectivity index (χ4v) is 3.15.